The molecule has 0 aliphatic heterocycles. The number of amides is 1. The van der Waals surface area contributed by atoms with Crippen LogP contribution in [-0.4, -0.2) is 18.3 Å². The quantitative estimate of drug-likeness (QED) is 0.597. The summed E-state index contributed by atoms with van der Waals surface area (Å²) < 4.78 is 5.41. The van der Waals surface area contributed by atoms with E-state index in [1.807, 2.05) is 24.3 Å². The van der Waals surface area contributed by atoms with Gasteiger partial charge in [0.05, 0.1) is 11.8 Å². The van der Waals surface area contributed by atoms with Crippen molar-refractivity contribution in [2.24, 2.45) is 0 Å². The smallest absolute Gasteiger partial charge is 0.262 e. The highest BCUT2D eigenvalue weighted by Crippen LogP contribution is 2.27. The lowest BCUT2D eigenvalue weighted by molar-refractivity contribution is -0.118. The van der Waals surface area contributed by atoms with Crippen LogP contribution >= 0.6 is 23.4 Å². The molecule has 0 heterocycles. The zero-order valence-corrected chi connectivity index (χ0v) is 13.9. The topological polar surface area (TPSA) is 62.1 Å². The van der Waals surface area contributed by atoms with Crippen molar-refractivity contribution in [3.63, 3.8) is 0 Å². The van der Waals surface area contributed by atoms with E-state index < -0.39 is 0 Å². The van der Waals surface area contributed by atoms with Crippen molar-refractivity contribution < 1.29 is 9.53 Å². The van der Waals surface area contributed by atoms with Crippen molar-refractivity contribution in [2.75, 3.05) is 17.7 Å². The second-order valence-corrected chi connectivity index (χ2v) is 6.12. The second kappa shape index (κ2) is 9.09. The van der Waals surface area contributed by atoms with Gasteiger partial charge in [0.25, 0.3) is 5.91 Å². The Balaban J connectivity index is 1.91. The molecule has 0 atom stereocenters. The molecular formula is C17H15ClN2O2S. The Morgan fingerprint density at radius 3 is 2.87 bits per heavy atom. The number of nitriles is 1. The van der Waals surface area contributed by atoms with E-state index in [0.29, 0.717) is 22.9 Å². The Kier molecular flexibility index (Phi) is 6.79. The SMILES string of the molecule is N#CCCSc1ccccc1NC(=O)COc1cccc(Cl)c1. The van der Waals surface area contributed by atoms with Crippen LogP contribution in [0.2, 0.25) is 5.02 Å². The molecule has 0 saturated carbocycles. The van der Waals surface area contributed by atoms with Gasteiger partial charge in [-0.05, 0) is 30.3 Å². The van der Waals surface area contributed by atoms with Gasteiger partial charge < -0.3 is 10.1 Å². The van der Waals surface area contributed by atoms with Crippen molar-refractivity contribution >= 4 is 35.0 Å². The molecule has 0 radical (unpaired) electrons. The zero-order valence-electron chi connectivity index (χ0n) is 12.3. The maximum atomic E-state index is 12.0. The van der Waals surface area contributed by atoms with E-state index in [0.717, 1.165) is 10.6 Å². The maximum absolute atomic E-state index is 12.0. The minimum atomic E-state index is -0.252. The number of thioether (sulfide) groups is 1. The van der Waals surface area contributed by atoms with Crippen molar-refractivity contribution in [3.8, 4) is 11.8 Å². The molecule has 0 aliphatic carbocycles. The number of ether oxygens (including phenoxy) is 1. The second-order valence-electron chi connectivity index (χ2n) is 4.55. The number of rotatable bonds is 7. The first-order valence-corrected chi connectivity index (χ1v) is 8.32. The predicted octanol–water partition coefficient (Wildman–Crippen LogP) is 4.36. The lowest BCUT2D eigenvalue weighted by Gasteiger charge is -2.11. The minimum absolute atomic E-state index is 0.0997. The first-order chi connectivity index (χ1) is 11.2. The van der Waals surface area contributed by atoms with Gasteiger partial charge in [0.2, 0.25) is 0 Å². The molecule has 1 N–H and O–H groups in total. The third kappa shape index (κ3) is 5.85. The van der Waals surface area contributed by atoms with E-state index in [4.69, 9.17) is 21.6 Å². The highest BCUT2D eigenvalue weighted by molar-refractivity contribution is 7.99. The minimum Gasteiger partial charge on any atom is -0.484 e. The molecule has 0 spiro atoms. The van der Waals surface area contributed by atoms with Gasteiger partial charge in [0.15, 0.2) is 6.61 Å². The lowest BCUT2D eigenvalue weighted by atomic mass is 10.3. The summed E-state index contributed by atoms with van der Waals surface area (Å²) in [5.74, 6) is 0.977. The first-order valence-electron chi connectivity index (χ1n) is 6.96. The maximum Gasteiger partial charge on any atom is 0.262 e. The normalized spacial score (nSPS) is 9.91. The summed E-state index contributed by atoms with van der Waals surface area (Å²) in [4.78, 5) is 13.0. The number of nitrogens with zero attached hydrogens (tertiary/aromatic N) is 1. The van der Waals surface area contributed by atoms with Crippen LogP contribution in [0.1, 0.15) is 6.42 Å². The van der Waals surface area contributed by atoms with Crippen molar-refractivity contribution in [1.82, 2.24) is 0 Å². The molecule has 2 rings (SSSR count). The number of para-hydroxylation sites is 1. The van der Waals surface area contributed by atoms with E-state index in [-0.39, 0.29) is 12.5 Å². The van der Waals surface area contributed by atoms with Gasteiger partial charge in [-0.3, -0.25) is 4.79 Å². The van der Waals surface area contributed by atoms with Crippen molar-refractivity contribution in [1.29, 1.82) is 5.26 Å². The fourth-order valence-corrected chi connectivity index (χ4v) is 2.84. The molecule has 0 aromatic heterocycles. The molecule has 0 aliphatic rings. The summed E-state index contributed by atoms with van der Waals surface area (Å²) in [5.41, 5.74) is 0.718. The Labute approximate surface area is 144 Å². The molecule has 0 fully saturated rings. The number of carbonyl (C=O) groups excluding carboxylic acids is 1. The highest BCUT2D eigenvalue weighted by Gasteiger charge is 2.08. The summed E-state index contributed by atoms with van der Waals surface area (Å²) in [6.45, 7) is -0.0997. The molecule has 1 amide bonds. The Hall–Kier alpha value is -2.16. The number of carbonyl (C=O) groups is 1. The van der Waals surface area contributed by atoms with E-state index in [1.54, 1.807) is 24.3 Å². The van der Waals surface area contributed by atoms with Gasteiger partial charge in [0.1, 0.15) is 5.75 Å². The molecule has 23 heavy (non-hydrogen) atoms. The van der Waals surface area contributed by atoms with E-state index in [2.05, 4.69) is 11.4 Å². The molecule has 2 aromatic rings. The molecule has 4 nitrogen and oxygen atoms in total. The van der Waals surface area contributed by atoms with Crippen LogP contribution in [0.4, 0.5) is 5.69 Å². The lowest BCUT2D eigenvalue weighted by Crippen LogP contribution is -2.20. The number of nitrogens with one attached hydrogen (secondary N) is 1. The van der Waals surface area contributed by atoms with Gasteiger partial charge >= 0.3 is 0 Å². The van der Waals surface area contributed by atoms with Crippen LogP contribution in [0.15, 0.2) is 53.4 Å². The molecule has 6 heteroatoms. The number of anilines is 1. The Morgan fingerprint density at radius 2 is 2.09 bits per heavy atom. The van der Waals surface area contributed by atoms with Crippen LogP contribution in [-0.2, 0) is 4.79 Å². The van der Waals surface area contributed by atoms with Crippen LogP contribution in [0, 0.1) is 11.3 Å². The fraction of sp³-hybridized carbons (Fsp3) is 0.176. The number of hydrogen-bond acceptors (Lipinski definition) is 4. The van der Waals surface area contributed by atoms with Crippen molar-refractivity contribution in [2.45, 2.75) is 11.3 Å². The van der Waals surface area contributed by atoms with Crippen LogP contribution < -0.4 is 10.1 Å². The number of benzene rings is 2. The standard InChI is InChI=1S/C17H15ClN2O2S/c18-13-5-3-6-14(11-13)22-12-17(21)20-15-7-1-2-8-16(15)23-10-4-9-19/h1-3,5-8,11H,4,10,12H2,(H,20,21). The van der Waals surface area contributed by atoms with Gasteiger partial charge in [-0.25, -0.2) is 0 Å². The Bertz CT molecular complexity index is 716. The summed E-state index contributed by atoms with van der Waals surface area (Å²) in [7, 11) is 0. The van der Waals surface area contributed by atoms with Crippen LogP contribution in [0.5, 0.6) is 5.75 Å². The third-order valence-electron chi connectivity index (χ3n) is 2.80. The van der Waals surface area contributed by atoms with Gasteiger partial charge in [-0.1, -0.05) is 29.8 Å². The summed E-state index contributed by atoms with van der Waals surface area (Å²) in [6, 6.07) is 16.5. The molecular weight excluding hydrogens is 332 g/mol. The van der Waals surface area contributed by atoms with Gasteiger partial charge in [0, 0.05) is 22.1 Å². The van der Waals surface area contributed by atoms with E-state index in [9.17, 15) is 4.79 Å². The molecule has 0 unspecified atom stereocenters. The monoisotopic (exact) mass is 346 g/mol. The van der Waals surface area contributed by atoms with Crippen LogP contribution in [0.25, 0.3) is 0 Å². The average molecular weight is 347 g/mol. The first kappa shape index (κ1) is 17.2. The fourth-order valence-electron chi connectivity index (χ4n) is 1.79. The predicted molar refractivity (Wildman–Crippen MR) is 93.0 cm³/mol. The van der Waals surface area contributed by atoms with E-state index >= 15 is 0 Å². The van der Waals surface area contributed by atoms with E-state index in [1.165, 1.54) is 11.8 Å². The largest absolute Gasteiger partial charge is 0.484 e. The summed E-state index contributed by atoms with van der Waals surface area (Å²) in [5, 5.41) is 12.0. The highest BCUT2D eigenvalue weighted by atomic mass is 35.5. The molecule has 2 aromatic carbocycles. The average Bonchev–Trinajstić information content (AvgIpc) is 2.55. The van der Waals surface area contributed by atoms with Crippen molar-refractivity contribution in [3.05, 3.63) is 53.6 Å². The molecule has 118 valence electrons. The van der Waals surface area contributed by atoms with Crippen LogP contribution in [0.3, 0.4) is 0 Å². The zero-order chi connectivity index (χ0) is 16.5. The van der Waals surface area contributed by atoms with Gasteiger partial charge in [-0.15, -0.1) is 11.8 Å². The number of halogens is 1. The Morgan fingerprint density at radius 1 is 1.26 bits per heavy atom. The number of hydrogen-bond donors (Lipinski definition) is 1. The summed E-state index contributed by atoms with van der Waals surface area (Å²) >= 11 is 7.40. The van der Waals surface area contributed by atoms with Gasteiger partial charge in [-0.2, -0.15) is 5.26 Å². The molecule has 0 bridgehead atoms. The summed E-state index contributed by atoms with van der Waals surface area (Å²) in [6.07, 6.45) is 0.463. The third-order valence-corrected chi connectivity index (χ3v) is 4.11. The molecule has 0 saturated heterocycles.